The SMILES string of the molecule is COC(=O)c1ccc(Cn2cc(/C=C(/C#N)C(=O)Nc3ccc(F)cc3)c3ccccc32)o1. The van der Waals surface area contributed by atoms with E-state index >= 15 is 0 Å². The molecule has 0 aliphatic carbocycles. The maximum atomic E-state index is 13.1. The first-order valence-electron chi connectivity index (χ1n) is 9.92. The number of benzene rings is 2. The summed E-state index contributed by atoms with van der Waals surface area (Å²) in [5.41, 5.74) is 1.80. The molecule has 0 aliphatic rings. The van der Waals surface area contributed by atoms with Gasteiger partial charge in [0.1, 0.15) is 23.2 Å². The van der Waals surface area contributed by atoms with Crippen LogP contribution in [0.4, 0.5) is 10.1 Å². The second kappa shape index (κ2) is 9.24. The monoisotopic (exact) mass is 443 g/mol. The van der Waals surface area contributed by atoms with Crippen molar-refractivity contribution in [2.24, 2.45) is 0 Å². The summed E-state index contributed by atoms with van der Waals surface area (Å²) in [6, 6.07) is 18.0. The summed E-state index contributed by atoms with van der Waals surface area (Å²) < 4.78 is 25.2. The van der Waals surface area contributed by atoms with E-state index in [2.05, 4.69) is 10.1 Å². The molecule has 7 nitrogen and oxygen atoms in total. The highest BCUT2D eigenvalue weighted by molar-refractivity contribution is 6.10. The zero-order chi connectivity index (χ0) is 23.4. The van der Waals surface area contributed by atoms with Crippen LogP contribution in [0.3, 0.4) is 0 Å². The van der Waals surface area contributed by atoms with Crippen molar-refractivity contribution in [3.05, 3.63) is 95.3 Å². The van der Waals surface area contributed by atoms with Gasteiger partial charge in [-0.25, -0.2) is 9.18 Å². The van der Waals surface area contributed by atoms with Crippen LogP contribution >= 0.6 is 0 Å². The van der Waals surface area contributed by atoms with Crippen LogP contribution in [0, 0.1) is 17.1 Å². The van der Waals surface area contributed by atoms with E-state index < -0.39 is 17.7 Å². The Morgan fingerprint density at radius 3 is 2.64 bits per heavy atom. The van der Waals surface area contributed by atoms with E-state index in [-0.39, 0.29) is 11.3 Å². The van der Waals surface area contributed by atoms with Gasteiger partial charge in [0, 0.05) is 28.4 Å². The van der Waals surface area contributed by atoms with Gasteiger partial charge in [0.05, 0.1) is 13.7 Å². The lowest BCUT2D eigenvalue weighted by Gasteiger charge is -2.03. The summed E-state index contributed by atoms with van der Waals surface area (Å²) in [6.45, 7) is 0.328. The van der Waals surface area contributed by atoms with Gasteiger partial charge in [0.25, 0.3) is 5.91 Å². The topological polar surface area (TPSA) is 97.3 Å². The van der Waals surface area contributed by atoms with Crippen molar-refractivity contribution in [3.63, 3.8) is 0 Å². The molecule has 0 saturated heterocycles. The molecule has 2 aromatic carbocycles. The summed E-state index contributed by atoms with van der Waals surface area (Å²) in [6.07, 6.45) is 3.30. The maximum absolute atomic E-state index is 13.1. The number of anilines is 1. The van der Waals surface area contributed by atoms with Crippen molar-refractivity contribution >= 4 is 34.5 Å². The van der Waals surface area contributed by atoms with E-state index in [1.807, 2.05) is 34.9 Å². The molecule has 4 aromatic rings. The average Bonchev–Trinajstić information content (AvgIpc) is 3.43. The van der Waals surface area contributed by atoms with E-state index in [9.17, 15) is 19.2 Å². The Labute approximate surface area is 188 Å². The number of methoxy groups -OCH3 is 1. The first kappa shape index (κ1) is 21.6. The van der Waals surface area contributed by atoms with Crippen molar-refractivity contribution in [2.45, 2.75) is 6.54 Å². The maximum Gasteiger partial charge on any atom is 0.373 e. The third-order valence-electron chi connectivity index (χ3n) is 4.96. The van der Waals surface area contributed by atoms with Crippen LogP contribution < -0.4 is 5.32 Å². The van der Waals surface area contributed by atoms with Gasteiger partial charge in [-0.05, 0) is 48.5 Å². The smallest absolute Gasteiger partial charge is 0.373 e. The molecule has 1 amide bonds. The third-order valence-corrected chi connectivity index (χ3v) is 4.96. The molecule has 2 heterocycles. The highest BCUT2D eigenvalue weighted by atomic mass is 19.1. The number of rotatable bonds is 6. The second-order valence-electron chi connectivity index (χ2n) is 7.12. The molecule has 0 spiro atoms. The zero-order valence-electron chi connectivity index (χ0n) is 17.5. The molecule has 0 saturated carbocycles. The van der Waals surface area contributed by atoms with Crippen LogP contribution in [-0.4, -0.2) is 23.6 Å². The Bertz CT molecular complexity index is 1410. The van der Waals surface area contributed by atoms with Gasteiger partial charge in [0.15, 0.2) is 0 Å². The summed E-state index contributed by atoms with van der Waals surface area (Å²) in [5.74, 6) is -0.940. The summed E-state index contributed by atoms with van der Waals surface area (Å²) in [7, 11) is 1.28. The third kappa shape index (κ3) is 4.67. The van der Waals surface area contributed by atoms with E-state index in [4.69, 9.17) is 4.42 Å². The van der Waals surface area contributed by atoms with Gasteiger partial charge < -0.3 is 19.0 Å². The predicted molar refractivity (Wildman–Crippen MR) is 120 cm³/mol. The predicted octanol–water partition coefficient (Wildman–Crippen LogP) is 4.75. The Kier molecular flexibility index (Phi) is 6.04. The number of carbonyl (C=O) groups excluding carboxylic acids is 2. The molecule has 164 valence electrons. The van der Waals surface area contributed by atoms with Crippen LogP contribution in [0.25, 0.3) is 17.0 Å². The Balaban J connectivity index is 1.64. The number of halogens is 1. The van der Waals surface area contributed by atoms with Crippen molar-refractivity contribution in [1.29, 1.82) is 5.26 Å². The summed E-state index contributed by atoms with van der Waals surface area (Å²) in [5, 5.41) is 13.0. The fourth-order valence-corrected chi connectivity index (χ4v) is 3.40. The van der Waals surface area contributed by atoms with Gasteiger partial charge >= 0.3 is 5.97 Å². The van der Waals surface area contributed by atoms with Crippen molar-refractivity contribution < 1.29 is 23.1 Å². The van der Waals surface area contributed by atoms with Crippen LogP contribution in [0.2, 0.25) is 0 Å². The number of aromatic nitrogens is 1. The molecule has 0 unspecified atom stereocenters. The molecule has 33 heavy (non-hydrogen) atoms. The van der Waals surface area contributed by atoms with Crippen LogP contribution in [-0.2, 0) is 16.1 Å². The Hall–Kier alpha value is -4.64. The molecular weight excluding hydrogens is 425 g/mol. The standard InChI is InChI=1S/C25H18FN3O4/c1-32-25(31)23-11-10-20(33-23)15-29-14-17(21-4-2-3-5-22(21)29)12-16(13-27)24(30)28-19-8-6-18(26)7-9-19/h2-12,14H,15H2,1H3,(H,28,30)/b16-12-. The number of furan rings is 1. The number of carbonyl (C=O) groups is 2. The molecular formula is C25H18FN3O4. The second-order valence-corrected chi connectivity index (χ2v) is 7.12. The Morgan fingerprint density at radius 2 is 1.91 bits per heavy atom. The fourth-order valence-electron chi connectivity index (χ4n) is 3.40. The lowest BCUT2D eigenvalue weighted by molar-refractivity contribution is -0.112. The molecule has 0 aliphatic heterocycles. The largest absolute Gasteiger partial charge is 0.463 e. The van der Waals surface area contributed by atoms with Gasteiger partial charge in [-0.2, -0.15) is 5.26 Å². The minimum Gasteiger partial charge on any atom is -0.463 e. The summed E-state index contributed by atoms with van der Waals surface area (Å²) >= 11 is 0. The molecule has 0 radical (unpaired) electrons. The molecule has 1 N–H and O–H groups in total. The van der Waals surface area contributed by atoms with E-state index in [0.717, 1.165) is 10.9 Å². The van der Waals surface area contributed by atoms with Gasteiger partial charge in [-0.1, -0.05) is 18.2 Å². The van der Waals surface area contributed by atoms with Crippen LogP contribution in [0.15, 0.2) is 76.9 Å². The number of amides is 1. The number of esters is 1. The molecule has 8 heteroatoms. The number of hydrogen-bond acceptors (Lipinski definition) is 5. The van der Waals surface area contributed by atoms with E-state index in [0.29, 0.717) is 23.6 Å². The molecule has 0 atom stereocenters. The molecule has 4 rings (SSSR count). The molecule has 0 fully saturated rings. The first-order chi connectivity index (χ1) is 16.0. The minimum atomic E-state index is -0.602. The number of hydrogen-bond donors (Lipinski definition) is 1. The highest BCUT2D eigenvalue weighted by Gasteiger charge is 2.15. The molecule has 0 bridgehead atoms. The quantitative estimate of drug-likeness (QED) is 0.263. The fraction of sp³-hybridized carbons (Fsp3) is 0.0800. The number of nitrogens with zero attached hydrogens (tertiary/aromatic N) is 2. The van der Waals surface area contributed by atoms with Crippen LogP contribution in [0.5, 0.6) is 0 Å². The minimum absolute atomic E-state index is 0.104. The lowest BCUT2D eigenvalue weighted by atomic mass is 10.1. The number of para-hydroxylation sites is 1. The number of nitriles is 1. The number of fused-ring (bicyclic) bond motifs is 1. The number of nitrogens with one attached hydrogen (secondary N) is 1. The molecule has 2 aromatic heterocycles. The number of ether oxygens (including phenoxy) is 1. The van der Waals surface area contributed by atoms with Crippen LogP contribution in [0.1, 0.15) is 21.9 Å². The van der Waals surface area contributed by atoms with E-state index in [1.54, 1.807) is 18.3 Å². The lowest BCUT2D eigenvalue weighted by Crippen LogP contribution is -2.13. The van der Waals surface area contributed by atoms with Gasteiger partial charge in [0.2, 0.25) is 5.76 Å². The summed E-state index contributed by atoms with van der Waals surface area (Å²) in [4.78, 5) is 24.2. The Morgan fingerprint density at radius 1 is 1.15 bits per heavy atom. The van der Waals surface area contributed by atoms with Gasteiger partial charge in [-0.15, -0.1) is 0 Å². The zero-order valence-corrected chi connectivity index (χ0v) is 17.5. The van der Waals surface area contributed by atoms with Crippen molar-refractivity contribution in [1.82, 2.24) is 4.57 Å². The van der Waals surface area contributed by atoms with Gasteiger partial charge in [-0.3, -0.25) is 4.79 Å². The van der Waals surface area contributed by atoms with Crippen molar-refractivity contribution in [2.75, 3.05) is 12.4 Å². The van der Waals surface area contributed by atoms with Crippen molar-refractivity contribution in [3.8, 4) is 6.07 Å². The highest BCUT2D eigenvalue weighted by Crippen LogP contribution is 2.25. The normalized spacial score (nSPS) is 11.2. The first-order valence-corrected chi connectivity index (χ1v) is 9.92. The average molecular weight is 443 g/mol. The van der Waals surface area contributed by atoms with E-state index in [1.165, 1.54) is 37.5 Å².